The molecule has 0 atom stereocenters. The van der Waals surface area contributed by atoms with Crippen molar-refractivity contribution in [3.8, 4) is 11.5 Å². The van der Waals surface area contributed by atoms with Crippen LogP contribution in [0.5, 0.6) is 11.5 Å². The van der Waals surface area contributed by atoms with Gasteiger partial charge in [-0.1, -0.05) is 46.3 Å². The molecule has 2 saturated heterocycles. The van der Waals surface area contributed by atoms with Gasteiger partial charge in [-0.15, -0.1) is 0 Å². The molecular formula is C42H50BrF3N4O2. The fraction of sp³-hybridized carbons (Fsp3) is 0.476. The molecule has 6 nitrogen and oxygen atoms in total. The lowest BCUT2D eigenvalue weighted by molar-refractivity contribution is -0.138. The van der Waals surface area contributed by atoms with Crippen LogP contribution in [-0.4, -0.2) is 55.3 Å². The van der Waals surface area contributed by atoms with Gasteiger partial charge in [0.15, 0.2) is 0 Å². The minimum absolute atomic E-state index is 0.127. The summed E-state index contributed by atoms with van der Waals surface area (Å²) in [6, 6.07) is 19.0. The summed E-state index contributed by atoms with van der Waals surface area (Å²) in [5.74, 6) is 0.826. The molecule has 0 saturated carbocycles. The number of pyridine rings is 2. The zero-order chi connectivity index (χ0) is 36.8. The summed E-state index contributed by atoms with van der Waals surface area (Å²) < 4.78 is 49.7. The second-order valence-electron chi connectivity index (χ2n) is 14.6. The third kappa shape index (κ3) is 8.50. The molecule has 4 aliphatic rings. The lowest BCUT2D eigenvalue weighted by Gasteiger charge is -2.39. The molecule has 8 rings (SSSR count). The van der Waals surface area contributed by atoms with E-state index < -0.39 is 11.7 Å². The van der Waals surface area contributed by atoms with E-state index in [2.05, 4.69) is 66.4 Å². The highest BCUT2D eigenvalue weighted by atomic mass is 79.9. The topological polar surface area (TPSA) is 59.5 Å². The van der Waals surface area contributed by atoms with Gasteiger partial charge in [0.25, 0.3) is 0 Å². The van der Waals surface area contributed by atoms with Gasteiger partial charge < -0.3 is 14.8 Å². The number of hydrogen-bond donors (Lipinski definition) is 1. The Hall–Kier alpha value is -3.47. The number of likely N-dealkylation sites (tertiary alicyclic amines) is 1. The first-order valence-corrected chi connectivity index (χ1v) is 19.5. The van der Waals surface area contributed by atoms with Crippen molar-refractivity contribution in [3.05, 3.63) is 118 Å². The molecule has 0 radical (unpaired) electrons. The molecule has 0 amide bonds. The van der Waals surface area contributed by atoms with Gasteiger partial charge in [-0.2, -0.15) is 13.2 Å². The zero-order valence-corrected chi connectivity index (χ0v) is 32.1. The molecule has 2 aliphatic carbocycles. The Labute approximate surface area is 314 Å². The van der Waals surface area contributed by atoms with Crippen LogP contribution in [0.1, 0.15) is 83.3 Å². The standard InChI is InChI=1S/C21H23F3N2O.C12H16N2.C9H11BrO/c1-27-18-5-4-15(13-17(18)21(22,23)24)14-26-11-8-20(9-12-26)7-6-16-3-2-10-25-19(16)20;1-2-10-3-4-12(11(10)14-7-1)5-8-13-9-6-12;1-7-5-8(6-10)3-4-9(7)11-2/h2-5,10,13H,6-9,11-12,14H2,1H3;1-2,7,13H,3-6,8-9H2;3-5H,6H2,1-2H3. The molecule has 2 aliphatic heterocycles. The number of fused-ring (bicyclic) bond motifs is 4. The smallest absolute Gasteiger partial charge is 0.419 e. The van der Waals surface area contributed by atoms with Crippen LogP contribution in [0.3, 0.4) is 0 Å². The van der Waals surface area contributed by atoms with Crippen molar-refractivity contribution in [1.82, 2.24) is 20.2 Å². The van der Waals surface area contributed by atoms with Crippen molar-refractivity contribution in [1.29, 1.82) is 0 Å². The number of benzene rings is 2. The predicted octanol–water partition coefficient (Wildman–Crippen LogP) is 9.14. The largest absolute Gasteiger partial charge is 0.496 e. The number of aryl methyl sites for hydroxylation is 3. The lowest BCUT2D eigenvalue weighted by Crippen LogP contribution is -2.41. The van der Waals surface area contributed by atoms with Crippen LogP contribution >= 0.6 is 15.9 Å². The summed E-state index contributed by atoms with van der Waals surface area (Å²) >= 11 is 3.40. The molecule has 2 fully saturated rings. The van der Waals surface area contributed by atoms with E-state index in [-0.39, 0.29) is 11.2 Å². The number of hydrogen-bond acceptors (Lipinski definition) is 6. The van der Waals surface area contributed by atoms with Crippen molar-refractivity contribution in [2.45, 2.75) is 87.2 Å². The Morgan fingerprint density at radius 1 is 0.750 bits per heavy atom. The molecule has 2 aromatic heterocycles. The zero-order valence-electron chi connectivity index (χ0n) is 30.5. The maximum absolute atomic E-state index is 13.2. The van der Waals surface area contributed by atoms with E-state index in [1.807, 2.05) is 31.5 Å². The van der Waals surface area contributed by atoms with Gasteiger partial charge >= 0.3 is 6.18 Å². The molecule has 4 heterocycles. The Morgan fingerprint density at radius 2 is 1.31 bits per heavy atom. The molecule has 10 heteroatoms. The second kappa shape index (κ2) is 16.7. The minimum Gasteiger partial charge on any atom is -0.496 e. The number of rotatable bonds is 5. The summed E-state index contributed by atoms with van der Waals surface area (Å²) in [6.45, 7) is 6.65. The Balaban J connectivity index is 0.000000154. The monoisotopic (exact) mass is 778 g/mol. The number of ether oxygens (including phenoxy) is 2. The number of piperidine rings is 2. The van der Waals surface area contributed by atoms with Crippen molar-refractivity contribution in [2.24, 2.45) is 0 Å². The highest BCUT2D eigenvalue weighted by Crippen LogP contribution is 2.46. The molecule has 0 bridgehead atoms. The van der Waals surface area contributed by atoms with Crippen LogP contribution in [0.2, 0.25) is 0 Å². The lowest BCUT2D eigenvalue weighted by atomic mass is 9.76. The fourth-order valence-electron chi connectivity index (χ4n) is 8.60. The Kier molecular flexibility index (Phi) is 12.3. The number of aromatic nitrogens is 2. The van der Waals surface area contributed by atoms with Gasteiger partial charge in [-0.3, -0.25) is 14.9 Å². The van der Waals surface area contributed by atoms with Crippen LogP contribution in [0.15, 0.2) is 73.1 Å². The number of methoxy groups -OCH3 is 2. The fourth-order valence-corrected chi connectivity index (χ4v) is 8.94. The van der Waals surface area contributed by atoms with E-state index in [1.165, 1.54) is 78.6 Å². The molecule has 52 heavy (non-hydrogen) atoms. The Bertz CT molecular complexity index is 1800. The van der Waals surface area contributed by atoms with Crippen LogP contribution in [0.25, 0.3) is 0 Å². The first-order valence-electron chi connectivity index (χ1n) is 18.4. The maximum atomic E-state index is 13.2. The minimum atomic E-state index is -4.41. The van der Waals surface area contributed by atoms with E-state index in [4.69, 9.17) is 9.47 Å². The van der Waals surface area contributed by atoms with E-state index in [1.54, 1.807) is 13.2 Å². The third-order valence-electron chi connectivity index (χ3n) is 11.5. The number of nitrogens with one attached hydrogen (secondary N) is 1. The normalized spacial score (nSPS) is 18.4. The molecule has 4 aromatic rings. The first kappa shape index (κ1) is 38.3. The number of halogens is 4. The quantitative estimate of drug-likeness (QED) is 0.204. The summed E-state index contributed by atoms with van der Waals surface area (Å²) in [5, 5.41) is 4.34. The predicted molar refractivity (Wildman–Crippen MR) is 203 cm³/mol. The molecule has 1 N–H and O–H groups in total. The first-order chi connectivity index (χ1) is 25.1. The number of nitrogens with zero attached hydrogens (tertiary/aromatic N) is 3. The average molecular weight is 780 g/mol. The summed E-state index contributed by atoms with van der Waals surface area (Å²) in [4.78, 5) is 11.5. The summed E-state index contributed by atoms with van der Waals surface area (Å²) in [7, 11) is 2.96. The molecular weight excluding hydrogens is 729 g/mol. The van der Waals surface area contributed by atoms with Gasteiger partial charge in [0.05, 0.1) is 19.8 Å². The molecule has 2 aromatic carbocycles. The number of alkyl halides is 4. The Morgan fingerprint density at radius 3 is 1.85 bits per heavy atom. The molecule has 278 valence electrons. The van der Waals surface area contributed by atoms with Crippen LogP contribution < -0.4 is 14.8 Å². The average Bonchev–Trinajstić information content (AvgIpc) is 3.71. The van der Waals surface area contributed by atoms with Gasteiger partial charge in [-0.25, -0.2) is 0 Å². The van der Waals surface area contributed by atoms with Crippen LogP contribution in [-0.2, 0) is 41.7 Å². The van der Waals surface area contributed by atoms with E-state index in [9.17, 15) is 13.2 Å². The van der Waals surface area contributed by atoms with Crippen molar-refractivity contribution in [3.63, 3.8) is 0 Å². The van der Waals surface area contributed by atoms with Crippen molar-refractivity contribution < 1.29 is 22.6 Å². The summed E-state index contributed by atoms with van der Waals surface area (Å²) in [5.41, 5.74) is 8.52. The van der Waals surface area contributed by atoms with Gasteiger partial charge in [0, 0.05) is 46.5 Å². The van der Waals surface area contributed by atoms with Crippen molar-refractivity contribution >= 4 is 15.9 Å². The maximum Gasteiger partial charge on any atom is 0.419 e. The van der Waals surface area contributed by atoms with Gasteiger partial charge in [0.2, 0.25) is 0 Å². The highest BCUT2D eigenvalue weighted by molar-refractivity contribution is 9.08. The molecule has 2 spiro atoms. The van der Waals surface area contributed by atoms with Crippen molar-refractivity contribution in [2.75, 3.05) is 40.4 Å². The molecule has 0 unspecified atom stereocenters. The van der Waals surface area contributed by atoms with E-state index in [0.29, 0.717) is 17.5 Å². The van der Waals surface area contributed by atoms with Crippen LogP contribution in [0, 0.1) is 6.92 Å². The highest BCUT2D eigenvalue weighted by Gasteiger charge is 2.43. The van der Waals surface area contributed by atoms with E-state index in [0.717, 1.165) is 62.9 Å². The third-order valence-corrected chi connectivity index (χ3v) is 12.1. The van der Waals surface area contributed by atoms with Gasteiger partial charge in [-0.05, 0) is 143 Å². The van der Waals surface area contributed by atoms with E-state index >= 15 is 0 Å². The second-order valence-corrected chi connectivity index (χ2v) is 15.1. The van der Waals surface area contributed by atoms with Gasteiger partial charge in [0.1, 0.15) is 11.5 Å². The summed E-state index contributed by atoms with van der Waals surface area (Å²) in [6.07, 6.45) is 8.76. The van der Waals surface area contributed by atoms with Crippen LogP contribution in [0.4, 0.5) is 13.2 Å². The SMILES string of the molecule is COc1ccc(CBr)cc1C.COc1ccc(CN2CCC3(CCc4cccnc43)CC2)cc1C(F)(F)F.c1cnc2c(c1)CCC21CCNCC1.